The van der Waals surface area contributed by atoms with E-state index < -0.39 is 41.1 Å². The fourth-order valence-corrected chi connectivity index (χ4v) is 2.29. The Balaban J connectivity index is 2.36. The average Bonchev–Trinajstić information content (AvgIpc) is 3.01. The third-order valence-electron chi connectivity index (χ3n) is 3.54. The molecule has 1 heterocycles. The second-order valence-electron chi connectivity index (χ2n) is 5.62. The minimum absolute atomic E-state index is 0.0318. The van der Waals surface area contributed by atoms with Crippen molar-refractivity contribution in [3.05, 3.63) is 47.2 Å². The van der Waals surface area contributed by atoms with Crippen molar-refractivity contribution < 1.29 is 40.3 Å². The summed E-state index contributed by atoms with van der Waals surface area (Å²) >= 11 is 0. The van der Waals surface area contributed by atoms with Crippen LogP contribution in [0.15, 0.2) is 34.7 Å². The maximum Gasteiger partial charge on any atom is 0.416 e. The molecule has 0 saturated heterocycles. The molecule has 10 heteroatoms. The number of rotatable bonds is 5. The predicted octanol–water partition coefficient (Wildman–Crippen LogP) is 4.42. The van der Waals surface area contributed by atoms with E-state index in [1.807, 2.05) is 0 Å². The number of carbonyl (C=O) groups is 1. The number of furan rings is 1. The van der Waals surface area contributed by atoms with Gasteiger partial charge in [-0.05, 0) is 37.3 Å². The lowest BCUT2D eigenvalue weighted by molar-refractivity contribution is -0.145. The molecule has 2 rings (SSSR count). The quantitative estimate of drug-likeness (QED) is 0.601. The minimum atomic E-state index is -4.96. The van der Waals surface area contributed by atoms with Gasteiger partial charge in [-0.25, -0.2) is 0 Å². The van der Waals surface area contributed by atoms with Crippen molar-refractivity contribution in [1.82, 2.24) is 0 Å². The van der Waals surface area contributed by atoms with Gasteiger partial charge in [-0.2, -0.15) is 26.3 Å². The largest absolute Gasteiger partial charge is 0.465 e. The Hall–Kier alpha value is -2.49. The standard InChI is InChI=1S/C17H15F6NO3/c1-2-26-15(25)13(24)8-12-3-4-14(27-12)9-5-10(16(18,19)20)7-11(6-9)17(21,22)23/h3-7,13H,2,8,24H2,1H3. The Kier molecular flexibility index (Phi) is 5.88. The summed E-state index contributed by atoms with van der Waals surface area (Å²) in [5, 5.41) is 0. The summed E-state index contributed by atoms with van der Waals surface area (Å²) in [5.74, 6) is -0.789. The van der Waals surface area contributed by atoms with Gasteiger partial charge >= 0.3 is 18.3 Å². The normalized spacial score (nSPS) is 13.5. The van der Waals surface area contributed by atoms with Crippen molar-refractivity contribution in [1.29, 1.82) is 0 Å². The van der Waals surface area contributed by atoms with Gasteiger partial charge in [0.05, 0.1) is 17.7 Å². The van der Waals surface area contributed by atoms with E-state index in [1.165, 1.54) is 12.1 Å². The van der Waals surface area contributed by atoms with Gasteiger partial charge in [0.25, 0.3) is 0 Å². The topological polar surface area (TPSA) is 65.5 Å². The van der Waals surface area contributed by atoms with Crippen LogP contribution in [0.1, 0.15) is 23.8 Å². The molecule has 1 aromatic heterocycles. The van der Waals surface area contributed by atoms with Gasteiger partial charge in [-0.3, -0.25) is 4.79 Å². The van der Waals surface area contributed by atoms with Crippen molar-refractivity contribution in [3.8, 4) is 11.3 Å². The number of nitrogens with two attached hydrogens (primary N) is 1. The van der Waals surface area contributed by atoms with E-state index in [0.29, 0.717) is 12.1 Å². The molecule has 0 amide bonds. The molecule has 1 unspecified atom stereocenters. The Morgan fingerprint density at radius 2 is 1.63 bits per heavy atom. The number of benzene rings is 1. The number of ether oxygens (including phenoxy) is 1. The fourth-order valence-electron chi connectivity index (χ4n) is 2.29. The maximum atomic E-state index is 12.9. The smallest absolute Gasteiger partial charge is 0.416 e. The number of esters is 1. The molecule has 0 aliphatic rings. The first-order chi connectivity index (χ1) is 12.4. The van der Waals surface area contributed by atoms with Crippen molar-refractivity contribution >= 4 is 5.97 Å². The third kappa shape index (κ3) is 5.25. The van der Waals surface area contributed by atoms with E-state index in [1.54, 1.807) is 6.92 Å². The molecule has 148 valence electrons. The SMILES string of the molecule is CCOC(=O)C(N)Cc1ccc(-c2cc(C(F)(F)F)cc(C(F)(F)F)c2)o1. The van der Waals surface area contributed by atoms with E-state index in [-0.39, 0.29) is 30.6 Å². The summed E-state index contributed by atoms with van der Waals surface area (Å²) in [6, 6.07) is 2.61. The second-order valence-corrected chi connectivity index (χ2v) is 5.62. The number of hydrogen-bond donors (Lipinski definition) is 1. The van der Waals surface area contributed by atoms with Gasteiger partial charge in [-0.15, -0.1) is 0 Å². The van der Waals surface area contributed by atoms with Crippen LogP contribution >= 0.6 is 0 Å². The molecule has 0 radical (unpaired) electrons. The highest BCUT2D eigenvalue weighted by Crippen LogP contribution is 2.39. The molecule has 2 aromatic rings. The fraction of sp³-hybridized carbons (Fsp3) is 0.353. The van der Waals surface area contributed by atoms with Crippen LogP contribution in [0.3, 0.4) is 0 Å². The molecule has 0 aliphatic carbocycles. The number of alkyl halides is 6. The van der Waals surface area contributed by atoms with Gasteiger partial charge in [-0.1, -0.05) is 0 Å². The van der Waals surface area contributed by atoms with Gasteiger partial charge < -0.3 is 14.9 Å². The molecule has 0 bridgehead atoms. The van der Waals surface area contributed by atoms with Crippen molar-refractivity contribution in [3.63, 3.8) is 0 Å². The van der Waals surface area contributed by atoms with Crippen LogP contribution in [0.2, 0.25) is 0 Å². The number of hydrogen-bond acceptors (Lipinski definition) is 4. The van der Waals surface area contributed by atoms with Gasteiger partial charge in [0, 0.05) is 12.0 Å². The zero-order valence-electron chi connectivity index (χ0n) is 13.9. The monoisotopic (exact) mass is 395 g/mol. The molecule has 0 saturated carbocycles. The maximum absolute atomic E-state index is 12.9. The highest BCUT2D eigenvalue weighted by Gasteiger charge is 2.37. The van der Waals surface area contributed by atoms with E-state index in [2.05, 4.69) is 0 Å². The van der Waals surface area contributed by atoms with Gasteiger partial charge in [0.1, 0.15) is 17.6 Å². The number of halogens is 6. The Labute approximate surface area is 149 Å². The van der Waals surface area contributed by atoms with Crippen LogP contribution in [-0.4, -0.2) is 18.6 Å². The molecule has 2 N–H and O–H groups in total. The lowest BCUT2D eigenvalue weighted by atomic mass is 10.0. The van der Waals surface area contributed by atoms with E-state index in [4.69, 9.17) is 14.9 Å². The summed E-state index contributed by atoms with van der Waals surface area (Å²) in [7, 11) is 0. The highest BCUT2D eigenvalue weighted by atomic mass is 19.4. The van der Waals surface area contributed by atoms with Crippen LogP contribution in [0.4, 0.5) is 26.3 Å². The van der Waals surface area contributed by atoms with Crippen LogP contribution in [-0.2, 0) is 28.3 Å². The molecule has 4 nitrogen and oxygen atoms in total. The average molecular weight is 395 g/mol. The summed E-state index contributed by atoms with van der Waals surface area (Å²) in [5.41, 5.74) is 2.32. The molecular weight excluding hydrogens is 380 g/mol. The zero-order chi connectivity index (χ0) is 20.4. The minimum Gasteiger partial charge on any atom is -0.465 e. The molecule has 0 fully saturated rings. The summed E-state index contributed by atoms with van der Waals surface area (Å²) < 4.78 is 87.5. The van der Waals surface area contributed by atoms with E-state index in [0.717, 1.165) is 0 Å². The molecule has 0 spiro atoms. The van der Waals surface area contributed by atoms with Crippen LogP contribution in [0, 0.1) is 0 Å². The summed E-state index contributed by atoms with van der Waals surface area (Å²) in [4.78, 5) is 11.5. The molecule has 1 atom stereocenters. The first-order valence-corrected chi connectivity index (χ1v) is 7.72. The van der Waals surface area contributed by atoms with Gasteiger partial charge in [0.2, 0.25) is 0 Å². The Morgan fingerprint density at radius 3 is 2.11 bits per heavy atom. The first kappa shape index (κ1) is 20.8. The zero-order valence-corrected chi connectivity index (χ0v) is 13.9. The molecular formula is C17H15F6NO3. The van der Waals surface area contributed by atoms with Crippen molar-refractivity contribution in [2.75, 3.05) is 6.61 Å². The Bertz CT molecular complexity index is 777. The highest BCUT2D eigenvalue weighted by molar-refractivity contribution is 5.75. The second kappa shape index (κ2) is 7.63. The number of carbonyl (C=O) groups excluding carboxylic acids is 1. The lowest BCUT2D eigenvalue weighted by Gasteiger charge is -2.13. The van der Waals surface area contributed by atoms with Crippen molar-refractivity contribution in [2.24, 2.45) is 5.73 Å². The summed E-state index contributed by atoms with van der Waals surface area (Å²) in [6.07, 6.45) is -10.0. The first-order valence-electron chi connectivity index (χ1n) is 7.72. The summed E-state index contributed by atoms with van der Waals surface area (Å²) in [6.45, 7) is 1.70. The Morgan fingerprint density at radius 1 is 1.07 bits per heavy atom. The third-order valence-corrected chi connectivity index (χ3v) is 3.54. The van der Waals surface area contributed by atoms with Crippen molar-refractivity contribution in [2.45, 2.75) is 31.7 Å². The van der Waals surface area contributed by atoms with Crippen LogP contribution in [0.5, 0.6) is 0 Å². The lowest BCUT2D eigenvalue weighted by Crippen LogP contribution is -2.34. The predicted molar refractivity (Wildman–Crippen MR) is 82.5 cm³/mol. The molecule has 27 heavy (non-hydrogen) atoms. The van der Waals surface area contributed by atoms with E-state index >= 15 is 0 Å². The van der Waals surface area contributed by atoms with Crippen LogP contribution in [0.25, 0.3) is 11.3 Å². The van der Waals surface area contributed by atoms with Crippen LogP contribution < -0.4 is 5.73 Å². The van der Waals surface area contributed by atoms with E-state index in [9.17, 15) is 31.1 Å². The molecule has 0 aliphatic heterocycles. The van der Waals surface area contributed by atoms with Gasteiger partial charge in [0.15, 0.2) is 0 Å². The molecule has 1 aromatic carbocycles.